The van der Waals surface area contributed by atoms with Crippen LogP contribution >= 0.6 is 0 Å². The van der Waals surface area contributed by atoms with E-state index in [9.17, 15) is 17.6 Å². The Morgan fingerprint density at radius 1 is 1.08 bits per heavy atom. The fourth-order valence-corrected chi connectivity index (χ4v) is 3.63. The summed E-state index contributed by atoms with van der Waals surface area (Å²) in [6.07, 6.45) is 0. The maximum absolute atomic E-state index is 14.3. The molecule has 2 rings (SSSR count). The van der Waals surface area contributed by atoms with E-state index in [0.29, 0.717) is 5.56 Å². The molecule has 0 bridgehead atoms. The summed E-state index contributed by atoms with van der Waals surface area (Å²) in [5.74, 6) is -2.73. The molecule has 0 aliphatic carbocycles. The summed E-state index contributed by atoms with van der Waals surface area (Å²) in [6.45, 7) is 3.13. The summed E-state index contributed by atoms with van der Waals surface area (Å²) in [5, 5.41) is 9.10. The minimum atomic E-state index is -4.28. The van der Waals surface area contributed by atoms with Gasteiger partial charge in [-0.3, -0.25) is 4.79 Å². The van der Waals surface area contributed by atoms with Gasteiger partial charge in [-0.1, -0.05) is 50.2 Å². The Balaban J connectivity index is 2.36. The van der Waals surface area contributed by atoms with Crippen molar-refractivity contribution in [1.82, 2.24) is 4.72 Å². The molecule has 1 atom stereocenters. The molecular formula is C17H18FNO4S. The SMILES string of the molecule is CC(C)[C@H](NS(=O)(=O)c1ccc(-c2ccccc2)cc1F)C(=O)O. The Hall–Kier alpha value is -2.25. The van der Waals surface area contributed by atoms with Crippen molar-refractivity contribution in [3.05, 3.63) is 54.3 Å². The topological polar surface area (TPSA) is 83.5 Å². The van der Waals surface area contributed by atoms with Gasteiger partial charge in [0.2, 0.25) is 10.0 Å². The van der Waals surface area contributed by atoms with E-state index in [0.717, 1.165) is 17.7 Å². The van der Waals surface area contributed by atoms with Crippen LogP contribution in [0, 0.1) is 11.7 Å². The number of carboxylic acids is 1. The standard InChI is InChI=1S/C17H18FNO4S/c1-11(2)16(17(20)21)19-24(22,23)15-9-8-13(10-14(15)18)12-6-4-3-5-7-12/h3-11,16,19H,1-2H3,(H,20,21)/t16-/m0/s1. The second kappa shape index (κ2) is 7.11. The lowest BCUT2D eigenvalue weighted by Crippen LogP contribution is -2.44. The molecule has 0 radical (unpaired) electrons. The average Bonchev–Trinajstić information content (AvgIpc) is 2.52. The van der Waals surface area contributed by atoms with E-state index >= 15 is 0 Å². The Bertz CT molecular complexity index is 835. The third-order valence-corrected chi connectivity index (χ3v) is 5.02. The minimum absolute atomic E-state index is 0.482. The fourth-order valence-electron chi connectivity index (χ4n) is 2.23. The van der Waals surface area contributed by atoms with E-state index in [4.69, 9.17) is 5.11 Å². The first kappa shape index (κ1) is 18.1. The highest BCUT2D eigenvalue weighted by atomic mass is 32.2. The zero-order chi connectivity index (χ0) is 17.9. The van der Waals surface area contributed by atoms with E-state index < -0.39 is 38.7 Å². The van der Waals surface area contributed by atoms with Gasteiger partial charge >= 0.3 is 5.97 Å². The van der Waals surface area contributed by atoms with Gasteiger partial charge in [-0.25, -0.2) is 12.8 Å². The van der Waals surface area contributed by atoms with Crippen molar-refractivity contribution in [2.24, 2.45) is 5.92 Å². The van der Waals surface area contributed by atoms with Crippen LogP contribution in [0.15, 0.2) is 53.4 Å². The lowest BCUT2D eigenvalue weighted by atomic mass is 10.1. The van der Waals surface area contributed by atoms with E-state index in [-0.39, 0.29) is 0 Å². The number of benzene rings is 2. The monoisotopic (exact) mass is 351 g/mol. The number of carbonyl (C=O) groups is 1. The molecule has 7 heteroatoms. The third-order valence-electron chi connectivity index (χ3n) is 3.54. The van der Waals surface area contributed by atoms with Crippen LogP contribution in [0.5, 0.6) is 0 Å². The molecule has 0 unspecified atom stereocenters. The Labute approximate surface area is 140 Å². The van der Waals surface area contributed by atoms with Crippen molar-refractivity contribution in [3.63, 3.8) is 0 Å². The van der Waals surface area contributed by atoms with Gasteiger partial charge in [0, 0.05) is 0 Å². The van der Waals surface area contributed by atoms with Crippen molar-refractivity contribution in [3.8, 4) is 11.1 Å². The second-order valence-electron chi connectivity index (χ2n) is 5.69. The molecule has 0 saturated carbocycles. The van der Waals surface area contributed by atoms with E-state index in [1.807, 2.05) is 10.8 Å². The summed E-state index contributed by atoms with van der Waals surface area (Å²) in [4.78, 5) is 10.6. The van der Waals surface area contributed by atoms with E-state index in [1.54, 1.807) is 38.1 Å². The quantitative estimate of drug-likeness (QED) is 0.838. The molecule has 2 aromatic rings. The summed E-state index contributed by atoms with van der Waals surface area (Å²) in [6, 6.07) is 11.4. The lowest BCUT2D eigenvalue weighted by Gasteiger charge is -2.18. The molecule has 0 amide bonds. The molecule has 0 fully saturated rings. The van der Waals surface area contributed by atoms with Gasteiger partial charge in [0.25, 0.3) is 0 Å². The number of rotatable bonds is 6. The summed E-state index contributed by atoms with van der Waals surface area (Å²) in [7, 11) is -4.28. The number of sulfonamides is 1. The molecule has 0 spiro atoms. The number of aliphatic carboxylic acids is 1. The van der Waals surface area contributed by atoms with Gasteiger partial charge in [-0.05, 0) is 29.2 Å². The fraction of sp³-hybridized carbons (Fsp3) is 0.235. The molecule has 128 valence electrons. The van der Waals surface area contributed by atoms with Gasteiger partial charge < -0.3 is 5.11 Å². The van der Waals surface area contributed by atoms with Crippen molar-refractivity contribution in [2.75, 3.05) is 0 Å². The van der Waals surface area contributed by atoms with Crippen LogP contribution in [0.2, 0.25) is 0 Å². The van der Waals surface area contributed by atoms with Crippen LogP contribution in [0.25, 0.3) is 11.1 Å². The first-order valence-corrected chi connectivity index (χ1v) is 8.81. The molecule has 0 saturated heterocycles. The van der Waals surface area contributed by atoms with E-state index in [2.05, 4.69) is 0 Å². The molecule has 2 N–H and O–H groups in total. The van der Waals surface area contributed by atoms with Crippen molar-refractivity contribution in [1.29, 1.82) is 0 Å². The number of nitrogens with one attached hydrogen (secondary N) is 1. The minimum Gasteiger partial charge on any atom is -0.480 e. The van der Waals surface area contributed by atoms with Crippen molar-refractivity contribution in [2.45, 2.75) is 24.8 Å². The van der Waals surface area contributed by atoms with Gasteiger partial charge in [0.15, 0.2) is 0 Å². The predicted molar refractivity (Wildman–Crippen MR) is 88.4 cm³/mol. The highest BCUT2D eigenvalue weighted by Crippen LogP contribution is 2.24. The summed E-state index contributed by atoms with van der Waals surface area (Å²) >= 11 is 0. The Kier molecular flexibility index (Phi) is 5.36. The number of hydrogen-bond acceptors (Lipinski definition) is 3. The van der Waals surface area contributed by atoms with Gasteiger partial charge in [-0.15, -0.1) is 0 Å². The second-order valence-corrected chi connectivity index (χ2v) is 7.37. The molecule has 0 heterocycles. The van der Waals surface area contributed by atoms with Crippen molar-refractivity contribution < 1.29 is 22.7 Å². The Morgan fingerprint density at radius 3 is 2.21 bits per heavy atom. The summed E-state index contributed by atoms with van der Waals surface area (Å²) in [5.41, 5.74) is 1.28. The van der Waals surface area contributed by atoms with Crippen LogP contribution in [0.4, 0.5) is 4.39 Å². The molecule has 5 nitrogen and oxygen atoms in total. The zero-order valence-corrected chi connectivity index (χ0v) is 14.0. The number of halogens is 1. The highest BCUT2D eigenvalue weighted by Gasteiger charge is 2.29. The first-order chi connectivity index (χ1) is 11.2. The number of hydrogen-bond donors (Lipinski definition) is 2. The molecule has 24 heavy (non-hydrogen) atoms. The first-order valence-electron chi connectivity index (χ1n) is 7.32. The third kappa shape index (κ3) is 3.98. The molecule has 2 aromatic carbocycles. The molecule has 0 aromatic heterocycles. The molecular weight excluding hydrogens is 333 g/mol. The van der Waals surface area contributed by atoms with Gasteiger partial charge in [0.05, 0.1) is 0 Å². The lowest BCUT2D eigenvalue weighted by molar-refractivity contribution is -0.140. The van der Waals surface area contributed by atoms with Gasteiger partial charge in [0.1, 0.15) is 16.8 Å². The molecule has 0 aliphatic rings. The van der Waals surface area contributed by atoms with E-state index in [1.165, 1.54) is 6.07 Å². The number of carboxylic acid groups (broad SMARTS) is 1. The smallest absolute Gasteiger partial charge is 0.322 e. The summed E-state index contributed by atoms with van der Waals surface area (Å²) < 4.78 is 41.0. The zero-order valence-electron chi connectivity index (χ0n) is 13.2. The van der Waals surface area contributed by atoms with Crippen LogP contribution < -0.4 is 4.72 Å². The van der Waals surface area contributed by atoms with Crippen molar-refractivity contribution >= 4 is 16.0 Å². The van der Waals surface area contributed by atoms with Gasteiger partial charge in [-0.2, -0.15) is 4.72 Å². The predicted octanol–water partition coefficient (Wildman–Crippen LogP) is 2.88. The van der Waals surface area contributed by atoms with Crippen LogP contribution in [0.1, 0.15) is 13.8 Å². The maximum atomic E-state index is 14.3. The van der Waals surface area contributed by atoms with Crippen LogP contribution in [-0.4, -0.2) is 25.5 Å². The normalized spacial score (nSPS) is 13.0. The maximum Gasteiger partial charge on any atom is 0.322 e. The Morgan fingerprint density at radius 2 is 1.71 bits per heavy atom. The molecule has 0 aliphatic heterocycles. The van der Waals surface area contributed by atoms with Crippen LogP contribution in [-0.2, 0) is 14.8 Å². The van der Waals surface area contributed by atoms with Crippen LogP contribution in [0.3, 0.4) is 0 Å². The highest BCUT2D eigenvalue weighted by molar-refractivity contribution is 7.89. The average molecular weight is 351 g/mol. The largest absolute Gasteiger partial charge is 0.480 e.